The third-order valence-corrected chi connectivity index (χ3v) is 4.93. The van der Waals surface area contributed by atoms with Crippen LogP contribution in [-0.2, 0) is 4.74 Å². The molecule has 1 N–H and O–H groups in total. The van der Waals surface area contributed by atoms with E-state index in [0.717, 1.165) is 32.3 Å². The lowest BCUT2D eigenvalue weighted by molar-refractivity contribution is -0.0334. The molecule has 1 spiro atoms. The molecule has 0 bridgehead atoms. The van der Waals surface area contributed by atoms with Gasteiger partial charge in [0.15, 0.2) is 0 Å². The molecule has 1 aromatic rings. The fourth-order valence-electron chi connectivity index (χ4n) is 3.85. The number of nitrogens with one attached hydrogen (secondary N) is 1. The normalized spacial score (nSPS) is 29.0. The number of pyridine rings is 1. The Morgan fingerprint density at radius 1 is 1.27 bits per heavy atom. The Hall–Kier alpha value is -1.29. The van der Waals surface area contributed by atoms with Gasteiger partial charge < -0.3 is 14.6 Å². The van der Waals surface area contributed by atoms with E-state index in [1.54, 1.807) is 0 Å². The first-order valence-corrected chi connectivity index (χ1v) is 8.52. The molecule has 1 aliphatic heterocycles. The summed E-state index contributed by atoms with van der Waals surface area (Å²) in [4.78, 5) is 12.7. The molecule has 0 aromatic carbocycles. The van der Waals surface area contributed by atoms with E-state index < -0.39 is 0 Å². The van der Waals surface area contributed by atoms with Crippen molar-refractivity contribution in [2.75, 3.05) is 11.9 Å². The van der Waals surface area contributed by atoms with Crippen LogP contribution in [0.1, 0.15) is 65.3 Å². The van der Waals surface area contributed by atoms with Gasteiger partial charge in [-0.2, -0.15) is 0 Å². The molecule has 1 saturated heterocycles. The fraction of sp³-hybridized carbons (Fsp3) is 0.722. The standard InChI is InChI=1S/C18H28N2O2/c1-17(2,3)19-15-6-4-12-20(16(15)21)14-7-10-18(11-8-14)9-5-13-22-18/h4,6,12,14,19H,5,7-11,13H2,1-3H3. The molecule has 2 aliphatic rings. The highest BCUT2D eigenvalue weighted by Gasteiger charge is 2.39. The van der Waals surface area contributed by atoms with Crippen molar-refractivity contribution in [3.63, 3.8) is 0 Å². The lowest BCUT2D eigenvalue weighted by atomic mass is 9.80. The Bertz CT molecular complexity index is 569. The predicted octanol–water partition coefficient (Wildman–Crippen LogP) is 3.72. The van der Waals surface area contributed by atoms with Crippen LogP contribution in [0.15, 0.2) is 23.1 Å². The van der Waals surface area contributed by atoms with Crippen molar-refractivity contribution in [3.8, 4) is 0 Å². The minimum absolute atomic E-state index is 0.103. The first kappa shape index (κ1) is 15.6. The highest BCUT2D eigenvalue weighted by atomic mass is 16.5. The molecule has 2 heterocycles. The molecule has 0 unspecified atom stereocenters. The van der Waals surface area contributed by atoms with Crippen LogP contribution in [0.3, 0.4) is 0 Å². The average molecular weight is 304 g/mol. The monoisotopic (exact) mass is 304 g/mol. The number of nitrogens with zero attached hydrogens (tertiary/aromatic N) is 1. The molecule has 0 radical (unpaired) electrons. The molecule has 1 aliphatic carbocycles. The van der Waals surface area contributed by atoms with Gasteiger partial charge in [0.2, 0.25) is 0 Å². The van der Waals surface area contributed by atoms with Crippen LogP contribution in [0, 0.1) is 0 Å². The van der Waals surface area contributed by atoms with E-state index in [2.05, 4.69) is 26.1 Å². The predicted molar refractivity (Wildman–Crippen MR) is 89.5 cm³/mol. The van der Waals surface area contributed by atoms with Gasteiger partial charge in [-0.15, -0.1) is 0 Å². The maximum atomic E-state index is 12.7. The topological polar surface area (TPSA) is 43.3 Å². The maximum Gasteiger partial charge on any atom is 0.274 e. The fourth-order valence-corrected chi connectivity index (χ4v) is 3.85. The van der Waals surface area contributed by atoms with Crippen molar-refractivity contribution in [2.24, 2.45) is 0 Å². The molecule has 4 heteroatoms. The van der Waals surface area contributed by atoms with Gasteiger partial charge in [0.25, 0.3) is 5.56 Å². The SMILES string of the molecule is CC(C)(C)Nc1cccn(C2CCC3(CCCO3)CC2)c1=O. The summed E-state index contributed by atoms with van der Waals surface area (Å²) in [6, 6.07) is 4.17. The summed E-state index contributed by atoms with van der Waals surface area (Å²) in [6.07, 6.45) is 8.57. The zero-order valence-corrected chi connectivity index (χ0v) is 14.0. The van der Waals surface area contributed by atoms with Crippen LogP contribution in [0.2, 0.25) is 0 Å². The van der Waals surface area contributed by atoms with Crippen LogP contribution in [0.5, 0.6) is 0 Å². The van der Waals surface area contributed by atoms with Crippen molar-refractivity contribution in [2.45, 2.75) is 76.5 Å². The molecule has 3 rings (SSSR count). The van der Waals surface area contributed by atoms with Crippen LogP contribution in [0.4, 0.5) is 5.69 Å². The Balaban J connectivity index is 1.76. The minimum Gasteiger partial charge on any atom is -0.376 e. The Morgan fingerprint density at radius 3 is 2.59 bits per heavy atom. The summed E-state index contributed by atoms with van der Waals surface area (Å²) in [7, 11) is 0. The van der Waals surface area contributed by atoms with Gasteiger partial charge in [0.05, 0.1) is 5.60 Å². The first-order valence-electron chi connectivity index (χ1n) is 8.52. The van der Waals surface area contributed by atoms with Crippen LogP contribution in [-0.4, -0.2) is 22.3 Å². The van der Waals surface area contributed by atoms with Crippen LogP contribution in [0.25, 0.3) is 0 Å². The molecular formula is C18H28N2O2. The Kier molecular flexibility index (Phi) is 4.06. The molecule has 122 valence electrons. The lowest BCUT2D eigenvalue weighted by Crippen LogP contribution is -2.38. The van der Waals surface area contributed by atoms with E-state index in [1.165, 1.54) is 12.8 Å². The molecule has 0 amide bonds. The number of anilines is 1. The van der Waals surface area contributed by atoms with Crippen LogP contribution >= 0.6 is 0 Å². The number of ether oxygens (including phenoxy) is 1. The Labute approximate surface area is 132 Å². The second-order valence-corrected chi connectivity index (χ2v) is 7.88. The van der Waals surface area contributed by atoms with Gasteiger partial charge in [0.1, 0.15) is 5.69 Å². The Morgan fingerprint density at radius 2 is 2.00 bits per heavy atom. The molecule has 1 saturated carbocycles. The van der Waals surface area contributed by atoms with Gasteiger partial charge in [-0.25, -0.2) is 0 Å². The zero-order valence-electron chi connectivity index (χ0n) is 14.0. The molecule has 2 fully saturated rings. The summed E-state index contributed by atoms with van der Waals surface area (Å²) in [5.74, 6) is 0. The zero-order chi connectivity index (χ0) is 15.8. The van der Waals surface area contributed by atoms with E-state index >= 15 is 0 Å². The molecule has 22 heavy (non-hydrogen) atoms. The minimum atomic E-state index is -0.105. The maximum absolute atomic E-state index is 12.7. The number of rotatable bonds is 2. The highest BCUT2D eigenvalue weighted by molar-refractivity contribution is 5.42. The molecule has 4 nitrogen and oxygen atoms in total. The van der Waals surface area contributed by atoms with Crippen molar-refractivity contribution < 1.29 is 4.74 Å². The lowest BCUT2D eigenvalue weighted by Gasteiger charge is -2.37. The van der Waals surface area contributed by atoms with E-state index in [1.807, 2.05) is 22.9 Å². The summed E-state index contributed by atoms with van der Waals surface area (Å²) < 4.78 is 7.91. The smallest absolute Gasteiger partial charge is 0.274 e. The van der Waals surface area contributed by atoms with Gasteiger partial charge in [0, 0.05) is 24.4 Å². The third kappa shape index (κ3) is 3.22. The summed E-state index contributed by atoms with van der Waals surface area (Å²) >= 11 is 0. The average Bonchev–Trinajstić information content (AvgIpc) is 2.89. The quantitative estimate of drug-likeness (QED) is 0.905. The first-order chi connectivity index (χ1) is 10.4. The van der Waals surface area contributed by atoms with E-state index in [-0.39, 0.29) is 16.7 Å². The summed E-state index contributed by atoms with van der Waals surface area (Å²) in [5, 5.41) is 3.32. The van der Waals surface area contributed by atoms with Gasteiger partial charge in [-0.1, -0.05) is 0 Å². The van der Waals surface area contributed by atoms with Gasteiger partial charge in [-0.3, -0.25) is 4.79 Å². The summed E-state index contributed by atoms with van der Waals surface area (Å²) in [5.41, 5.74) is 0.826. The van der Waals surface area contributed by atoms with E-state index in [4.69, 9.17) is 4.74 Å². The number of hydrogen-bond donors (Lipinski definition) is 1. The van der Waals surface area contributed by atoms with Gasteiger partial charge in [-0.05, 0) is 71.4 Å². The second-order valence-electron chi connectivity index (χ2n) is 7.88. The molecule has 1 aromatic heterocycles. The molecular weight excluding hydrogens is 276 g/mol. The third-order valence-electron chi connectivity index (χ3n) is 4.93. The summed E-state index contributed by atoms with van der Waals surface area (Å²) in [6.45, 7) is 7.14. The van der Waals surface area contributed by atoms with Crippen molar-refractivity contribution in [1.82, 2.24) is 4.57 Å². The van der Waals surface area contributed by atoms with Crippen LogP contribution < -0.4 is 10.9 Å². The van der Waals surface area contributed by atoms with Crippen molar-refractivity contribution in [1.29, 1.82) is 0 Å². The second kappa shape index (κ2) is 5.73. The van der Waals surface area contributed by atoms with E-state index in [9.17, 15) is 4.79 Å². The van der Waals surface area contributed by atoms with E-state index in [0.29, 0.717) is 11.7 Å². The molecule has 0 atom stereocenters. The highest BCUT2D eigenvalue weighted by Crippen LogP contribution is 2.42. The van der Waals surface area contributed by atoms with Crippen molar-refractivity contribution >= 4 is 5.69 Å². The number of aromatic nitrogens is 1. The van der Waals surface area contributed by atoms with Gasteiger partial charge >= 0.3 is 0 Å². The largest absolute Gasteiger partial charge is 0.376 e. The number of hydrogen-bond acceptors (Lipinski definition) is 3. The van der Waals surface area contributed by atoms with Crippen molar-refractivity contribution in [3.05, 3.63) is 28.7 Å².